The molecule has 0 fully saturated rings. The zero-order valence-electron chi connectivity index (χ0n) is 13.0. The van der Waals surface area contributed by atoms with E-state index >= 15 is 0 Å². The molecular formula is C15H19ClN4O2. The summed E-state index contributed by atoms with van der Waals surface area (Å²) in [7, 11) is 1.62. The Morgan fingerprint density at radius 3 is 2.73 bits per heavy atom. The van der Waals surface area contributed by atoms with E-state index in [1.165, 1.54) is 4.90 Å². The Balaban J connectivity index is 2.30. The zero-order valence-corrected chi connectivity index (χ0v) is 13.8. The monoisotopic (exact) mass is 322 g/mol. The van der Waals surface area contributed by atoms with E-state index in [9.17, 15) is 9.90 Å². The van der Waals surface area contributed by atoms with Crippen LogP contribution in [0.2, 0.25) is 5.02 Å². The van der Waals surface area contributed by atoms with Crippen LogP contribution in [0.1, 0.15) is 30.0 Å². The predicted molar refractivity (Wildman–Crippen MR) is 84.4 cm³/mol. The van der Waals surface area contributed by atoms with Crippen molar-refractivity contribution in [3.05, 3.63) is 40.7 Å². The fourth-order valence-electron chi connectivity index (χ4n) is 2.21. The molecule has 2 aromatic rings. The van der Waals surface area contributed by atoms with Crippen molar-refractivity contribution < 1.29 is 9.90 Å². The lowest BCUT2D eigenvalue weighted by molar-refractivity contribution is 0.0364. The molecule has 0 aliphatic carbocycles. The van der Waals surface area contributed by atoms with E-state index in [0.717, 1.165) is 5.69 Å². The molecule has 0 spiro atoms. The van der Waals surface area contributed by atoms with Crippen molar-refractivity contribution in [1.29, 1.82) is 0 Å². The molecule has 1 aromatic heterocycles. The molecule has 1 amide bonds. The van der Waals surface area contributed by atoms with Crippen LogP contribution >= 0.6 is 11.6 Å². The van der Waals surface area contributed by atoms with Crippen molar-refractivity contribution >= 4 is 17.5 Å². The van der Waals surface area contributed by atoms with E-state index < -0.39 is 5.60 Å². The first-order chi connectivity index (χ1) is 10.2. The fourth-order valence-corrected chi connectivity index (χ4v) is 2.40. The quantitative estimate of drug-likeness (QED) is 0.935. The van der Waals surface area contributed by atoms with Gasteiger partial charge in [-0.25, -0.2) is 4.68 Å². The lowest BCUT2D eigenvalue weighted by Crippen LogP contribution is -2.40. The summed E-state index contributed by atoms with van der Waals surface area (Å²) in [4.78, 5) is 13.9. The number of benzene rings is 1. The molecule has 0 saturated heterocycles. The Hall–Kier alpha value is -1.92. The van der Waals surface area contributed by atoms with Gasteiger partial charge in [-0.15, -0.1) is 5.10 Å². The van der Waals surface area contributed by atoms with Gasteiger partial charge in [0.05, 0.1) is 17.0 Å². The highest BCUT2D eigenvalue weighted by Crippen LogP contribution is 2.17. The fraction of sp³-hybridized carbons (Fsp3) is 0.400. The molecule has 1 N–H and O–H groups in total. The van der Waals surface area contributed by atoms with Gasteiger partial charge in [0.15, 0.2) is 5.69 Å². The summed E-state index contributed by atoms with van der Waals surface area (Å²) in [6, 6.07) is 7.15. The van der Waals surface area contributed by atoms with Crippen molar-refractivity contribution in [3.63, 3.8) is 0 Å². The number of aromatic nitrogens is 3. The standard InChI is InChI=1S/C15H19ClN4O2/c1-10-13(14(21)19(4)9-15(2,3)22)17-18-20(10)12-7-5-6-11(16)8-12/h5-8,22H,9H2,1-4H3. The number of carbonyl (C=O) groups is 1. The van der Waals surface area contributed by atoms with Crippen molar-refractivity contribution in [2.75, 3.05) is 13.6 Å². The Labute approximate surface area is 134 Å². The zero-order chi connectivity index (χ0) is 16.5. The van der Waals surface area contributed by atoms with Crippen molar-refractivity contribution in [3.8, 4) is 5.69 Å². The van der Waals surface area contributed by atoms with Gasteiger partial charge in [0, 0.05) is 18.6 Å². The first kappa shape index (κ1) is 16.5. The molecule has 0 radical (unpaired) electrons. The van der Waals surface area contributed by atoms with E-state index in [0.29, 0.717) is 10.7 Å². The minimum absolute atomic E-state index is 0.204. The largest absolute Gasteiger partial charge is 0.389 e. The van der Waals surface area contributed by atoms with Crippen LogP contribution in [0.5, 0.6) is 0 Å². The Bertz CT molecular complexity index is 691. The molecule has 0 aliphatic heterocycles. The predicted octanol–water partition coefficient (Wildman–Crippen LogP) is 2.07. The molecule has 0 saturated carbocycles. The Morgan fingerprint density at radius 1 is 1.45 bits per heavy atom. The lowest BCUT2D eigenvalue weighted by Gasteiger charge is -2.25. The molecule has 0 atom stereocenters. The molecule has 0 aliphatic rings. The van der Waals surface area contributed by atoms with Crippen LogP contribution in [0.4, 0.5) is 0 Å². The molecule has 2 rings (SSSR count). The van der Waals surface area contributed by atoms with Crippen LogP contribution in [0.25, 0.3) is 5.69 Å². The molecular weight excluding hydrogens is 304 g/mol. The maximum atomic E-state index is 12.4. The summed E-state index contributed by atoms with van der Waals surface area (Å²) >= 11 is 5.98. The van der Waals surface area contributed by atoms with Crippen LogP contribution < -0.4 is 0 Å². The molecule has 118 valence electrons. The van der Waals surface area contributed by atoms with Gasteiger partial charge in [0.1, 0.15) is 0 Å². The minimum atomic E-state index is -0.971. The number of aliphatic hydroxyl groups is 1. The topological polar surface area (TPSA) is 71.2 Å². The number of amides is 1. The van der Waals surface area contributed by atoms with Gasteiger partial charge in [-0.3, -0.25) is 4.79 Å². The number of carbonyl (C=O) groups excluding carboxylic acids is 1. The third kappa shape index (κ3) is 3.64. The maximum absolute atomic E-state index is 12.4. The Morgan fingerprint density at radius 2 is 2.14 bits per heavy atom. The van der Waals surface area contributed by atoms with Crippen LogP contribution in [0, 0.1) is 6.92 Å². The van der Waals surface area contributed by atoms with E-state index in [-0.39, 0.29) is 18.1 Å². The molecule has 6 nitrogen and oxygen atoms in total. The summed E-state index contributed by atoms with van der Waals surface area (Å²) < 4.78 is 1.57. The van der Waals surface area contributed by atoms with E-state index in [1.807, 2.05) is 6.07 Å². The molecule has 22 heavy (non-hydrogen) atoms. The van der Waals surface area contributed by atoms with Crippen LogP contribution in [-0.2, 0) is 0 Å². The van der Waals surface area contributed by atoms with Crippen LogP contribution in [-0.4, -0.2) is 50.1 Å². The average molecular weight is 323 g/mol. The number of hydrogen-bond donors (Lipinski definition) is 1. The Kier molecular flexibility index (Phi) is 4.53. The molecule has 0 unspecified atom stereocenters. The van der Waals surface area contributed by atoms with Gasteiger partial charge >= 0.3 is 0 Å². The molecule has 7 heteroatoms. The van der Waals surface area contributed by atoms with Gasteiger partial charge in [-0.05, 0) is 39.0 Å². The summed E-state index contributed by atoms with van der Waals surface area (Å²) in [5.41, 5.74) is 0.643. The summed E-state index contributed by atoms with van der Waals surface area (Å²) in [6.07, 6.45) is 0. The SMILES string of the molecule is Cc1c(C(=O)N(C)CC(C)(C)O)nnn1-c1cccc(Cl)c1. The smallest absolute Gasteiger partial charge is 0.276 e. The van der Waals surface area contributed by atoms with Crippen molar-refractivity contribution in [1.82, 2.24) is 19.9 Å². The second-order valence-corrected chi connectivity index (χ2v) is 6.33. The highest BCUT2D eigenvalue weighted by atomic mass is 35.5. The second-order valence-electron chi connectivity index (χ2n) is 5.89. The van der Waals surface area contributed by atoms with Crippen LogP contribution in [0.3, 0.4) is 0 Å². The number of rotatable bonds is 4. The van der Waals surface area contributed by atoms with E-state index in [4.69, 9.17) is 11.6 Å². The molecule has 1 aromatic carbocycles. The molecule has 0 bridgehead atoms. The minimum Gasteiger partial charge on any atom is -0.389 e. The number of likely N-dealkylation sites (N-methyl/N-ethyl adjacent to an activating group) is 1. The summed E-state index contributed by atoms with van der Waals surface area (Å²) in [6.45, 7) is 5.26. The highest BCUT2D eigenvalue weighted by Gasteiger charge is 2.24. The molecule has 1 heterocycles. The maximum Gasteiger partial charge on any atom is 0.276 e. The first-order valence-electron chi connectivity index (χ1n) is 6.85. The van der Waals surface area contributed by atoms with E-state index in [1.54, 1.807) is 50.7 Å². The second kappa shape index (κ2) is 6.06. The highest BCUT2D eigenvalue weighted by molar-refractivity contribution is 6.30. The summed E-state index contributed by atoms with van der Waals surface area (Å²) in [5.74, 6) is -0.284. The number of halogens is 1. The normalized spacial score (nSPS) is 11.5. The van der Waals surface area contributed by atoms with Crippen molar-refractivity contribution in [2.45, 2.75) is 26.4 Å². The lowest BCUT2D eigenvalue weighted by atomic mass is 10.1. The number of nitrogens with zero attached hydrogens (tertiary/aromatic N) is 4. The average Bonchev–Trinajstić information content (AvgIpc) is 2.77. The van der Waals surface area contributed by atoms with Gasteiger partial charge in [0.2, 0.25) is 0 Å². The number of hydrogen-bond acceptors (Lipinski definition) is 4. The van der Waals surface area contributed by atoms with Gasteiger partial charge in [-0.1, -0.05) is 22.9 Å². The van der Waals surface area contributed by atoms with E-state index in [2.05, 4.69) is 10.3 Å². The summed E-state index contributed by atoms with van der Waals surface area (Å²) in [5, 5.41) is 18.4. The van der Waals surface area contributed by atoms with Crippen LogP contribution in [0.15, 0.2) is 24.3 Å². The first-order valence-corrected chi connectivity index (χ1v) is 7.23. The van der Waals surface area contributed by atoms with Gasteiger partial charge in [0.25, 0.3) is 5.91 Å². The van der Waals surface area contributed by atoms with Gasteiger partial charge < -0.3 is 10.0 Å². The van der Waals surface area contributed by atoms with Gasteiger partial charge in [-0.2, -0.15) is 0 Å². The third-order valence-corrected chi connectivity index (χ3v) is 3.36. The van der Waals surface area contributed by atoms with Crippen molar-refractivity contribution in [2.24, 2.45) is 0 Å². The third-order valence-electron chi connectivity index (χ3n) is 3.12.